The van der Waals surface area contributed by atoms with Crippen molar-refractivity contribution >= 4 is 15.7 Å². The van der Waals surface area contributed by atoms with E-state index < -0.39 is 9.84 Å². The van der Waals surface area contributed by atoms with Crippen molar-refractivity contribution in [2.75, 3.05) is 18.5 Å². The van der Waals surface area contributed by atoms with Crippen LogP contribution in [0.4, 0.5) is 5.88 Å². The first kappa shape index (κ1) is 21.1. The molecule has 0 bridgehead atoms. The number of anilines is 1. The molecular formula is C25H22N2O5S. The molecule has 5 rings (SSSR count). The van der Waals surface area contributed by atoms with Crippen LogP contribution in [-0.4, -0.2) is 26.6 Å². The number of nitrogens with zero attached hydrogens (tertiary/aromatic N) is 1. The molecule has 1 N–H and O–H groups in total. The van der Waals surface area contributed by atoms with Crippen LogP contribution in [0.3, 0.4) is 0 Å². The zero-order chi connectivity index (χ0) is 22.8. The number of fused-ring (bicyclic) bond motifs is 1. The maximum atomic E-state index is 13.6. The molecule has 0 saturated carbocycles. The Labute approximate surface area is 191 Å². The van der Waals surface area contributed by atoms with Crippen LogP contribution in [0, 0.1) is 6.92 Å². The standard InChI is InChI=1S/C25H22N2O5S/c1-17-7-9-18(10-8-17)16-26-24-25(27-23(32-24)19-5-3-2-4-6-19)33(28,29)20-11-12-21-22(15-20)31-14-13-30-21/h2-12,15,26H,13-14,16H2,1H3. The largest absolute Gasteiger partial charge is 0.486 e. The van der Waals surface area contributed by atoms with Crippen molar-refractivity contribution in [3.05, 3.63) is 83.9 Å². The molecule has 8 heteroatoms. The second-order valence-electron chi connectivity index (χ2n) is 7.67. The highest BCUT2D eigenvalue weighted by molar-refractivity contribution is 7.91. The van der Waals surface area contributed by atoms with E-state index in [1.165, 1.54) is 12.1 Å². The van der Waals surface area contributed by atoms with E-state index in [9.17, 15) is 8.42 Å². The highest BCUT2D eigenvalue weighted by Gasteiger charge is 2.30. The number of benzene rings is 3. The van der Waals surface area contributed by atoms with E-state index in [2.05, 4.69) is 10.3 Å². The van der Waals surface area contributed by atoms with Crippen LogP contribution in [0.25, 0.3) is 11.5 Å². The summed E-state index contributed by atoms with van der Waals surface area (Å²) in [5.41, 5.74) is 2.81. The molecule has 3 aromatic carbocycles. The zero-order valence-corrected chi connectivity index (χ0v) is 18.8. The summed E-state index contributed by atoms with van der Waals surface area (Å²) in [7, 11) is -4.00. The molecule has 1 aliphatic rings. The monoisotopic (exact) mass is 462 g/mol. The van der Waals surface area contributed by atoms with Crippen LogP contribution in [0.15, 0.2) is 87.1 Å². The number of oxazole rings is 1. The van der Waals surface area contributed by atoms with E-state index in [1.807, 2.05) is 61.5 Å². The Morgan fingerprint density at radius 1 is 0.909 bits per heavy atom. The Bertz CT molecular complexity index is 1380. The Morgan fingerprint density at radius 2 is 1.64 bits per heavy atom. The highest BCUT2D eigenvalue weighted by Crippen LogP contribution is 2.37. The number of ether oxygens (including phenoxy) is 2. The third-order valence-electron chi connectivity index (χ3n) is 5.27. The number of rotatable bonds is 6. The molecule has 0 saturated heterocycles. The average Bonchev–Trinajstić information content (AvgIpc) is 3.29. The molecule has 0 unspecified atom stereocenters. The lowest BCUT2D eigenvalue weighted by molar-refractivity contribution is 0.171. The van der Waals surface area contributed by atoms with Crippen LogP contribution < -0.4 is 14.8 Å². The molecule has 0 amide bonds. The van der Waals surface area contributed by atoms with Crippen molar-refractivity contribution < 1.29 is 22.3 Å². The third-order valence-corrected chi connectivity index (χ3v) is 6.93. The molecular weight excluding hydrogens is 440 g/mol. The number of sulfone groups is 1. The minimum absolute atomic E-state index is 0.0537. The van der Waals surface area contributed by atoms with Gasteiger partial charge in [-0.15, -0.1) is 0 Å². The van der Waals surface area contributed by atoms with Crippen molar-refractivity contribution in [1.29, 1.82) is 0 Å². The molecule has 0 fully saturated rings. The Hall–Kier alpha value is -3.78. The Kier molecular flexibility index (Phi) is 5.51. The topological polar surface area (TPSA) is 90.7 Å². The van der Waals surface area contributed by atoms with E-state index in [-0.39, 0.29) is 21.7 Å². The first-order valence-electron chi connectivity index (χ1n) is 10.5. The van der Waals surface area contributed by atoms with E-state index in [0.717, 1.165) is 11.1 Å². The zero-order valence-electron chi connectivity index (χ0n) is 17.9. The van der Waals surface area contributed by atoms with Crippen LogP contribution in [0.1, 0.15) is 11.1 Å². The Morgan fingerprint density at radius 3 is 2.39 bits per heavy atom. The van der Waals surface area contributed by atoms with Crippen molar-refractivity contribution in [2.45, 2.75) is 23.4 Å². The van der Waals surface area contributed by atoms with Gasteiger partial charge in [0, 0.05) is 18.2 Å². The SMILES string of the molecule is Cc1ccc(CNc2oc(-c3ccccc3)nc2S(=O)(=O)c2ccc3c(c2)OCCO3)cc1. The molecule has 7 nitrogen and oxygen atoms in total. The van der Waals surface area contributed by atoms with Crippen molar-refractivity contribution in [1.82, 2.24) is 4.98 Å². The molecule has 4 aromatic rings. The van der Waals surface area contributed by atoms with Gasteiger partial charge in [0.1, 0.15) is 13.2 Å². The lowest BCUT2D eigenvalue weighted by Gasteiger charge is -2.18. The van der Waals surface area contributed by atoms with Gasteiger partial charge >= 0.3 is 0 Å². The van der Waals surface area contributed by atoms with Crippen molar-refractivity contribution in [3.8, 4) is 23.0 Å². The first-order chi connectivity index (χ1) is 16.0. The van der Waals surface area contributed by atoms with Crippen LogP contribution in [0.2, 0.25) is 0 Å². The lowest BCUT2D eigenvalue weighted by Crippen LogP contribution is -2.16. The molecule has 0 aliphatic carbocycles. The number of hydrogen-bond acceptors (Lipinski definition) is 7. The smallest absolute Gasteiger partial charge is 0.234 e. The maximum Gasteiger partial charge on any atom is 0.234 e. The summed E-state index contributed by atoms with van der Waals surface area (Å²) >= 11 is 0. The maximum absolute atomic E-state index is 13.6. The molecule has 1 aromatic heterocycles. The minimum atomic E-state index is -4.00. The molecule has 1 aliphatic heterocycles. The van der Waals surface area contributed by atoms with Crippen molar-refractivity contribution in [2.24, 2.45) is 0 Å². The molecule has 33 heavy (non-hydrogen) atoms. The van der Waals surface area contributed by atoms with Gasteiger partial charge in [0.2, 0.25) is 26.6 Å². The second kappa shape index (κ2) is 8.63. The summed E-state index contributed by atoms with van der Waals surface area (Å²) in [6.45, 7) is 3.18. The van der Waals surface area contributed by atoms with Crippen LogP contribution in [0.5, 0.6) is 11.5 Å². The molecule has 0 atom stereocenters. The van der Waals surface area contributed by atoms with E-state index in [0.29, 0.717) is 36.8 Å². The normalized spacial score (nSPS) is 13.0. The van der Waals surface area contributed by atoms with Gasteiger partial charge in [-0.2, -0.15) is 4.98 Å². The predicted octanol–water partition coefficient (Wildman–Crippen LogP) is 4.87. The van der Waals surface area contributed by atoms with Gasteiger partial charge in [-0.3, -0.25) is 0 Å². The van der Waals surface area contributed by atoms with Gasteiger partial charge in [-0.25, -0.2) is 8.42 Å². The number of aryl methyl sites for hydroxylation is 1. The third kappa shape index (κ3) is 4.29. The van der Waals surface area contributed by atoms with Gasteiger partial charge < -0.3 is 19.2 Å². The van der Waals surface area contributed by atoms with Crippen LogP contribution in [-0.2, 0) is 16.4 Å². The fourth-order valence-corrected chi connectivity index (χ4v) is 4.79. The molecule has 0 spiro atoms. The summed E-state index contributed by atoms with van der Waals surface area (Å²) in [6.07, 6.45) is 0. The molecule has 0 radical (unpaired) electrons. The van der Waals surface area contributed by atoms with Gasteiger partial charge in [-0.1, -0.05) is 48.0 Å². The summed E-state index contributed by atoms with van der Waals surface area (Å²) in [5.74, 6) is 1.22. The van der Waals surface area contributed by atoms with Gasteiger partial charge in [0.25, 0.3) is 0 Å². The summed E-state index contributed by atoms with van der Waals surface area (Å²) in [6, 6.07) is 21.7. The van der Waals surface area contributed by atoms with Crippen LogP contribution >= 0.6 is 0 Å². The van der Waals surface area contributed by atoms with Gasteiger partial charge in [0.05, 0.1) is 4.90 Å². The first-order valence-corrected chi connectivity index (χ1v) is 12.0. The fraction of sp³-hybridized carbons (Fsp3) is 0.160. The number of aromatic nitrogens is 1. The van der Waals surface area contributed by atoms with E-state index in [4.69, 9.17) is 13.9 Å². The average molecular weight is 463 g/mol. The number of nitrogens with one attached hydrogen (secondary N) is 1. The molecule has 2 heterocycles. The quantitative estimate of drug-likeness (QED) is 0.437. The van der Waals surface area contributed by atoms with E-state index in [1.54, 1.807) is 6.07 Å². The van der Waals surface area contributed by atoms with Gasteiger partial charge in [0.15, 0.2) is 11.5 Å². The fourth-order valence-electron chi connectivity index (χ4n) is 3.49. The highest BCUT2D eigenvalue weighted by atomic mass is 32.2. The minimum Gasteiger partial charge on any atom is -0.486 e. The molecule has 168 valence electrons. The second-order valence-corrected chi connectivity index (χ2v) is 9.53. The summed E-state index contributed by atoms with van der Waals surface area (Å²) < 4.78 is 44.2. The number of hydrogen-bond donors (Lipinski definition) is 1. The van der Waals surface area contributed by atoms with Crippen molar-refractivity contribution in [3.63, 3.8) is 0 Å². The van der Waals surface area contributed by atoms with Gasteiger partial charge in [-0.05, 0) is 36.8 Å². The summed E-state index contributed by atoms with van der Waals surface area (Å²) in [4.78, 5) is 4.43. The summed E-state index contributed by atoms with van der Waals surface area (Å²) in [5, 5.41) is 2.94. The lowest BCUT2D eigenvalue weighted by atomic mass is 10.1. The predicted molar refractivity (Wildman–Crippen MR) is 123 cm³/mol. The van der Waals surface area contributed by atoms with E-state index >= 15 is 0 Å². The Balaban J connectivity index is 1.54.